The molecule has 47 heavy (non-hydrogen) atoms. The number of fused-ring (bicyclic) bond motifs is 1. The van der Waals surface area contributed by atoms with Crippen LogP contribution < -0.4 is 19.8 Å². The number of carbonyl (C=O) groups excluding carboxylic acids is 5. The first-order valence-electron chi connectivity index (χ1n) is 14.4. The van der Waals surface area contributed by atoms with Gasteiger partial charge in [0.15, 0.2) is 18.0 Å². The molecule has 2 heterocycles. The predicted octanol–water partition coefficient (Wildman–Crippen LogP) is 2.87. The Hall–Kier alpha value is -5.44. The summed E-state index contributed by atoms with van der Waals surface area (Å²) >= 11 is 0. The fourth-order valence-corrected chi connectivity index (χ4v) is 4.73. The van der Waals surface area contributed by atoms with Gasteiger partial charge in [-0.1, -0.05) is 18.2 Å². The Labute approximate surface area is 267 Å². The first-order valence-corrected chi connectivity index (χ1v) is 14.4. The molecule has 250 valence electrons. The molecule has 1 saturated heterocycles. The molecule has 0 spiro atoms. The molecule has 0 unspecified atom stereocenters. The second-order valence-corrected chi connectivity index (χ2v) is 10.1. The van der Waals surface area contributed by atoms with Crippen molar-refractivity contribution in [1.82, 2.24) is 0 Å². The number of ether oxygens (including phenoxy) is 8. The lowest BCUT2D eigenvalue weighted by Gasteiger charge is -2.43. The van der Waals surface area contributed by atoms with E-state index in [2.05, 4.69) is 0 Å². The van der Waals surface area contributed by atoms with Crippen LogP contribution in [0.3, 0.4) is 0 Å². The highest BCUT2D eigenvalue weighted by atomic mass is 16.7. The third kappa shape index (κ3) is 8.64. The van der Waals surface area contributed by atoms with Gasteiger partial charge in [0.1, 0.15) is 24.0 Å². The summed E-state index contributed by atoms with van der Waals surface area (Å²) in [5, 5.41) is 0.246. The summed E-state index contributed by atoms with van der Waals surface area (Å²) in [5.41, 5.74) is -0.862. The topological polar surface area (TPSA) is 189 Å². The summed E-state index contributed by atoms with van der Waals surface area (Å²) in [6.45, 7) is 5.76. The van der Waals surface area contributed by atoms with Gasteiger partial charge in [-0.15, -0.1) is 0 Å². The van der Waals surface area contributed by atoms with Crippen molar-refractivity contribution in [2.75, 3.05) is 13.2 Å². The average molecular weight is 657 g/mol. The molecule has 1 fully saturated rings. The van der Waals surface area contributed by atoms with Crippen molar-refractivity contribution in [3.63, 3.8) is 0 Å². The van der Waals surface area contributed by atoms with Crippen molar-refractivity contribution in [3.05, 3.63) is 64.5 Å². The lowest BCUT2D eigenvalue weighted by molar-refractivity contribution is -0.288. The van der Waals surface area contributed by atoms with Crippen molar-refractivity contribution >= 4 is 40.8 Å². The standard InChI is InChI=1S/C32H32O15/c1-6-39-25-22-13-12-21(14-23(22)45-31(38)28(25)47-30(37)20-10-8-7-9-11-20)44-32-29(43-19(5)36)27(42-18(4)35)26(41-17(3)34)24(46-32)15-40-16(2)33/h7-14,24,26-27,29,32H,6,15H2,1-5H3/t24-,26+,27+,29-,32-/m1/s1. The normalized spacial score (nSPS) is 20.4. The number of rotatable bonds is 11. The van der Waals surface area contributed by atoms with Crippen LogP contribution in [-0.4, -0.2) is 73.8 Å². The predicted molar refractivity (Wildman–Crippen MR) is 158 cm³/mol. The monoisotopic (exact) mass is 656 g/mol. The van der Waals surface area contributed by atoms with E-state index in [-0.39, 0.29) is 34.6 Å². The average Bonchev–Trinajstić information content (AvgIpc) is 3.00. The van der Waals surface area contributed by atoms with Crippen LogP contribution >= 0.6 is 0 Å². The Morgan fingerprint density at radius 1 is 0.766 bits per heavy atom. The van der Waals surface area contributed by atoms with Crippen molar-refractivity contribution < 1.29 is 66.3 Å². The zero-order valence-corrected chi connectivity index (χ0v) is 26.0. The quantitative estimate of drug-likeness (QED) is 0.166. The molecule has 0 amide bonds. The van der Waals surface area contributed by atoms with E-state index in [9.17, 15) is 28.8 Å². The molecule has 4 rings (SSSR count). The Morgan fingerprint density at radius 2 is 1.40 bits per heavy atom. The fraction of sp³-hybridized carbons (Fsp3) is 0.375. The molecule has 5 atom stereocenters. The number of hydrogen-bond donors (Lipinski definition) is 0. The maximum atomic E-state index is 13.0. The van der Waals surface area contributed by atoms with E-state index in [0.29, 0.717) is 0 Å². The van der Waals surface area contributed by atoms with Crippen molar-refractivity contribution in [2.45, 2.75) is 65.3 Å². The Morgan fingerprint density at radius 3 is 2.02 bits per heavy atom. The SMILES string of the molecule is CCOc1c(OC(=O)c2ccccc2)c(=O)oc2cc(O[C@@H]3O[C@H](COC(C)=O)[C@H](OC(C)=O)[C@H](OC(C)=O)[C@H]3OC(C)=O)ccc12. The molecule has 2 aromatic carbocycles. The van der Waals surface area contributed by atoms with Crippen molar-refractivity contribution in [1.29, 1.82) is 0 Å². The van der Waals surface area contributed by atoms with Gasteiger partial charge in [0.2, 0.25) is 12.4 Å². The summed E-state index contributed by atoms with van der Waals surface area (Å²) in [6, 6.07) is 12.2. The highest BCUT2D eigenvalue weighted by Crippen LogP contribution is 2.36. The molecule has 0 aliphatic carbocycles. The number of hydrogen-bond acceptors (Lipinski definition) is 15. The van der Waals surface area contributed by atoms with Crippen molar-refractivity contribution in [3.8, 4) is 17.2 Å². The molecule has 3 aromatic rings. The van der Waals surface area contributed by atoms with Crippen LogP contribution in [0.5, 0.6) is 17.2 Å². The van der Waals surface area contributed by atoms with Crippen LogP contribution in [0.15, 0.2) is 57.7 Å². The van der Waals surface area contributed by atoms with Gasteiger partial charge in [-0.25, -0.2) is 9.59 Å². The molecule has 0 bridgehead atoms. The Bertz CT molecular complexity index is 1700. The zero-order valence-electron chi connectivity index (χ0n) is 26.0. The zero-order chi connectivity index (χ0) is 34.2. The lowest BCUT2D eigenvalue weighted by Crippen LogP contribution is -2.63. The van der Waals surface area contributed by atoms with E-state index in [0.717, 1.165) is 27.7 Å². The summed E-state index contributed by atoms with van der Waals surface area (Å²) in [5.74, 6) is -4.39. The maximum absolute atomic E-state index is 13.0. The molecule has 15 heteroatoms. The van der Waals surface area contributed by atoms with Gasteiger partial charge >= 0.3 is 35.5 Å². The molecule has 0 N–H and O–H groups in total. The molecule has 1 aliphatic rings. The first-order chi connectivity index (χ1) is 22.4. The minimum atomic E-state index is -1.53. The number of benzene rings is 2. The number of esters is 5. The minimum Gasteiger partial charge on any atom is -0.489 e. The van der Waals surface area contributed by atoms with Crippen LogP contribution in [0.4, 0.5) is 0 Å². The van der Waals surface area contributed by atoms with Gasteiger partial charge in [0.25, 0.3) is 5.75 Å². The van der Waals surface area contributed by atoms with E-state index in [4.69, 9.17) is 42.3 Å². The van der Waals surface area contributed by atoms with Crippen molar-refractivity contribution in [2.24, 2.45) is 0 Å². The van der Waals surface area contributed by atoms with E-state index >= 15 is 0 Å². The summed E-state index contributed by atoms with van der Waals surface area (Å²) in [4.78, 5) is 73.5. The highest BCUT2D eigenvalue weighted by molar-refractivity contribution is 5.93. The Balaban J connectivity index is 1.72. The van der Waals surface area contributed by atoms with Crippen LogP contribution in [-0.2, 0) is 42.9 Å². The summed E-state index contributed by atoms with van der Waals surface area (Å²) in [7, 11) is 0. The van der Waals surface area contributed by atoms with E-state index < -0.39 is 78.5 Å². The molecular formula is C32H32O15. The molecule has 0 saturated carbocycles. The second kappa shape index (κ2) is 15.2. The third-order valence-corrected chi connectivity index (χ3v) is 6.49. The molecule has 1 aromatic heterocycles. The minimum absolute atomic E-state index is 0.0121. The van der Waals surface area contributed by atoms with Gasteiger partial charge < -0.3 is 42.3 Å². The molecule has 1 aliphatic heterocycles. The molecular weight excluding hydrogens is 624 g/mol. The molecule has 0 radical (unpaired) electrons. The van der Waals surface area contributed by atoms with Gasteiger partial charge in [-0.3, -0.25) is 19.2 Å². The fourth-order valence-electron chi connectivity index (χ4n) is 4.73. The van der Waals surface area contributed by atoms with Crippen LogP contribution in [0.2, 0.25) is 0 Å². The van der Waals surface area contributed by atoms with Crippen LogP contribution in [0, 0.1) is 0 Å². The van der Waals surface area contributed by atoms with Gasteiger partial charge in [0, 0.05) is 33.8 Å². The largest absolute Gasteiger partial charge is 0.489 e. The number of carbonyl (C=O) groups is 5. The summed E-state index contributed by atoms with van der Waals surface area (Å²) < 4.78 is 49.8. The van der Waals surface area contributed by atoms with Gasteiger partial charge in [-0.05, 0) is 31.2 Å². The second-order valence-electron chi connectivity index (χ2n) is 10.1. The van der Waals surface area contributed by atoms with Crippen LogP contribution in [0.1, 0.15) is 45.0 Å². The van der Waals surface area contributed by atoms with Crippen LogP contribution in [0.25, 0.3) is 11.0 Å². The summed E-state index contributed by atoms with van der Waals surface area (Å²) in [6.07, 6.45) is -7.09. The highest BCUT2D eigenvalue weighted by Gasteiger charge is 2.53. The lowest BCUT2D eigenvalue weighted by atomic mass is 9.98. The smallest absolute Gasteiger partial charge is 0.383 e. The van der Waals surface area contributed by atoms with Gasteiger partial charge in [0.05, 0.1) is 17.6 Å². The first kappa shape index (κ1) is 34.4. The van der Waals surface area contributed by atoms with E-state index in [1.54, 1.807) is 25.1 Å². The Kier molecular flexibility index (Phi) is 11.2. The van der Waals surface area contributed by atoms with E-state index in [1.165, 1.54) is 30.3 Å². The maximum Gasteiger partial charge on any atom is 0.383 e. The van der Waals surface area contributed by atoms with Gasteiger partial charge in [-0.2, -0.15) is 0 Å². The van der Waals surface area contributed by atoms with E-state index in [1.807, 2.05) is 0 Å². The molecule has 15 nitrogen and oxygen atoms in total. The third-order valence-electron chi connectivity index (χ3n) is 6.49.